The molecular formula is C14H11ClN2O3. The normalized spacial score (nSPS) is 10.1. The minimum atomic E-state index is -0.983. The minimum absolute atomic E-state index is 0.205. The molecule has 0 saturated carbocycles. The molecule has 0 aliphatic carbocycles. The van der Waals surface area contributed by atoms with Crippen molar-refractivity contribution >= 4 is 23.5 Å². The van der Waals surface area contributed by atoms with Gasteiger partial charge in [0, 0.05) is 17.8 Å². The molecule has 0 spiro atoms. The Kier molecular flexibility index (Phi) is 4.32. The van der Waals surface area contributed by atoms with Crippen LogP contribution in [0.5, 0.6) is 0 Å². The van der Waals surface area contributed by atoms with Gasteiger partial charge in [-0.05, 0) is 29.8 Å². The molecule has 0 radical (unpaired) electrons. The summed E-state index contributed by atoms with van der Waals surface area (Å²) in [5.74, 6) is -1.32. The summed E-state index contributed by atoms with van der Waals surface area (Å²) in [6.07, 6.45) is 1.46. The highest BCUT2D eigenvalue weighted by atomic mass is 35.5. The van der Waals surface area contributed by atoms with Crippen molar-refractivity contribution in [1.29, 1.82) is 0 Å². The third-order valence-corrected chi connectivity index (χ3v) is 2.84. The zero-order chi connectivity index (χ0) is 14.5. The molecule has 0 unspecified atom stereocenters. The molecule has 0 aliphatic heterocycles. The lowest BCUT2D eigenvalue weighted by atomic mass is 10.1. The van der Waals surface area contributed by atoms with E-state index < -0.39 is 5.97 Å². The van der Waals surface area contributed by atoms with Gasteiger partial charge in [-0.1, -0.05) is 23.7 Å². The van der Waals surface area contributed by atoms with Crippen LogP contribution in [-0.2, 0) is 6.54 Å². The Hall–Kier alpha value is -2.40. The molecular weight excluding hydrogens is 280 g/mol. The molecule has 1 amide bonds. The van der Waals surface area contributed by atoms with E-state index in [1.165, 1.54) is 24.4 Å². The lowest BCUT2D eigenvalue weighted by Crippen LogP contribution is -2.23. The SMILES string of the molecule is O=C(O)c1ccc(CNC(=O)c2cc(Cl)ccn2)cc1. The second-order valence-electron chi connectivity index (χ2n) is 4.04. The lowest BCUT2D eigenvalue weighted by Gasteiger charge is -2.05. The quantitative estimate of drug-likeness (QED) is 0.906. The number of carbonyl (C=O) groups is 2. The number of hydrogen-bond donors (Lipinski definition) is 2. The molecule has 102 valence electrons. The van der Waals surface area contributed by atoms with Crippen LogP contribution in [0.25, 0.3) is 0 Å². The third kappa shape index (κ3) is 3.55. The Morgan fingerprint density at radius 3 is 2.50 bits per heavy atom. The van der Waals surface area contributed by atoms with Gasteiger partial charge >= 0.3 is 5.97 Å². The number of nitrogens with zero attached hydrogens (tertiary/aromatic N) is 1. The fourth-order valence-electron chi connectivity index (χ4n) is 1.57. The molecule has 1 aromatic heterocycles. The van der Waals surface area contributed by atoms with E-state index in [1.807, 2.05) is 0 Å². The third-order valence-electron chi connectivity index (χ3n) is 2.61. The topological polar surface area (TPSA) is 79.3 Å². The number of amides is 1. The number of benzene rings is 1. The van der Waals surface area contributed by atoms with E-state index in [0.29, 0.717) is 5.02 Å². The molecule has 20 heavy (non-hydrogen) atoms. The number of nitrogens with one attached hydrogen (secondary N) is 1. The fourth-order valence-corrected chi connectivity index (χ4v) is 1.73. The molecule has 5 nitrogen and oxygen atoms in total. The molecule has 2 aromatic rings. The van der Waals surface area contributed by atoms with Crippen LogP contribution < -0.4 is 5.32 Å². The Bertz CT molecular complexity index is 641. The molecule has 1 aromatic carbocycles. The molecule has 0 fully saturated rings. The number of carbonyl (C=O) groups excluding carboxylic acids is 1. The zero-order valence-corrected chi connectivity index (χ0v) is 11.1. The molecule has 6 heteroatoms. The van der Waals surface area contributed by atoms with E-state index in [9.17, 15) is 9.59 Å². The van der Waals surface area contributed by atoms with Crippen LogP contribution in [0.1, 0.15) is 26.4 Å². The summed E-state index contributed by atoms with van der Waals surface area (Å²) in [5, 5.41) is 11.9. The maximum atomic E-state index is 11.8. The van der Waals surface area contributed by atoms with Gasteiger partial charge in [0.05, 0.1) is 5.56 Å². The van der Waals surface area contributed by atoms with Crippen LogP contribution in [0.3, 0.4) is 0 Å². The number of carboxylic acid groups (broad SMARTS) is 1. The van der Waals surface area contributed by atoms with Crippen LogP contribution in [0.4, 0.5) is 0 Å². The van der Waals surface area contributed by atoms with Gasteiger partial charge in [0.1, 0.15) is 5.69 Å². The van der Waals surface area contributed by atoms with E-state index in [2.05, 4.69) is 10.3 Å². The number of hydrogen-bond acceptors (Lipinski definition) is 3. The first kappa shape index (κ1) is 14.0. The molecule has 0 bridgehead atoms. The zero-order valence-electron chi connectivity index (χ0n) is 10.3. The molecule has 0 atom stereocenters. The van der Waals surface area contributed by atoms with Gasteiger partial charge in [-0.3, -0.25) is 9.78 Å². The second kappa shape index (κ2) is 6.16. The predicted octanol–water partition coefficient (Wildman–Crippen LogP) is 2.36. The first-order valence-corrected chi connectivity index (χ1v) is 6.16. The Morgan fingerprint density at radius 2 is 1.90 bits per heavy atom. The number of aromatic carboxylic acids is 1. The van der Waals surface area contributed by atoms with Crippen molar-refractivity contribution in [1.82, 2.24) is 10.3 Å². The molecule has 0 aliphatic rings. The monoisotopic (exact) mass is 290 g/mol. The van der Waals surface area contributed by atoms with Crippen LogP contribution in [0.2, 0.25) is 5.02 Å². The largest absolute Gasteiger partial charge is 0.478 e. The van der Waals surface area contributed by atoms with Crippen LogP contribution in [0.15, 0.2) is 42.6 Å². The number of aromatic nitrogens is 1. The summed E-state index contributed by atoms with van der Waals surface area (Å²) in [4.78, 5) is 26.4. The van der Waals surface area contributed by atoms with E-state index >= 15 is 0 Å². The van der Waals surface area contributed by atoms with Crippen molar-refractivity contribution in [3.63, 3.8) is 0 Å². The van der Waals surface area contributed by atoms with Crippen molar-refractivity contribution in [2.24, 2.45) is 0 Å². The van der Waals surface area contributed by atoms with E-state index in [-0.39, 0.29) is 23.7 Å². The number of rotatable bonds is 4. The Balaban J connectivity index is 1.98. The minimum Gasteiger partial charge on any atom is -0.478 e. The van der Waals surface area contributed by atoms with Crippen molar-refractivity contribution in [2.75, 3.05) is 0 Å². The van der Waals surface area contributed by atoms with Gasteiger partial charge in [-0.15, -0.1) is 0 Å². The summed E-state index contributed by atoms with van der Waals surface area (Å²) in [6, 6.07) is 9.33. The van der Waals surface area contributed by atoms with Crippen molar-refractivity contribution < 1.29 is 14.7 Å². The highest BCUT2D eigenvalue weighted by Crippen LogP contribution is 2.08. The standard InChI is InChI=1S/C14H11ClN2O3/c15-11-5-6-16-12(7-11)13(18)17-8-9-1-3-10(4-2-9)14(19)20/h1-7H,8H2,(H,17,18)(H,19,20). The molecule has 2 rings (SSSR count). The molecule has 0 saturated heterocycles. The highest BCUT2D eigenvalue weighted by molar-refractivity contribution is 6.30. The molecule has 2 N–H and O–H groups in total. The first-order chi connectivity index (χ1) is 9.56. The summed E-state index contributed by atoms with van der Waals surface area (Å²) in [7, 11) is 0. The van der Waals surface area contributed by atoms with Gasteiger partial charge in [-0.25, -0.2) is 4.79 Å². The predicted molar refractivity (Wildman–Crippen MR) is 73.8 cm³/mol. The van der Waals surface area contributed by atoms with Crippen LogP contribution in [-0.4, -0.2) is 22.0 Å². The van der Waals surface area contributed by atoms with E-state index in [1.54, 1.807) is 18.2 Å². The van der Waals surface area contributed by atoms with Gasteiger partial charge in [0.25, 0.3) is 5.91 Å². The average Bonchev–Trinajstić information content (AvgIpc) is 2.45. The first-order valence-electron chi connectivity index (χ1n) is 5.78. The smallest absolute Gasteiger partial charge is 0.335 e. The Labute approximate surface area is 120 Å². The van der Waals surface area contributed by atoms with Gasteiger partial charge < -0.3 is 10.4 Å². The second-order valence-corrected chi connectivity index (χ2v) is 4.48. The van der Waals surface area contributed by atoms with Crippen LogP contribution in [0, 0.1) is 0 Å². The van der Waals surface area contributed by atoms with Crippen molar-refractivity contribution in [3.8, 4) is 0 Å². The van der Waals surface area contributed by atoms with E-state index in [4.69, 9.17) is 16.7 Å². The van der Waals surface area contributed by atoms with Gasteiger partial charge in [-0.2, -0.15) is 0 Å². The maximum absolute atomic E-state index is 11.8. The van der Waals surface area contributed by atoms with Gasteiger partial charge in [0.2, 0.25) is 0 Å². The number of pyridine rings is 1. The van der Waals surface area contributed by atoms with Crippen molar-refractivity contribution in [3.05, 3.63) is 64.4 Å². The van der Waals surface area contributed by atoms with Crippen LogP contribution >= 0.6 is 11.6 Å². The number of halogens is 1. The van der Waals surface area contributed by atoms with Crippen molar-refractivity contribution in [2.45, 2.75) is 6.54 Å². The fraction of sp³-hybridized carbons (Fsp3) is 0.0714. The summed E-state index contributed by atoms with van der Waals surface area (Å²) >= 11 is 5.78. The molecule has 1 heterocycles. The van der Waals surface area contributed by atoms with Gasteiger partial charge in [0.15, 0.2) is 0 Å². The summed E-state index contributed by atoms with van der Waals surface area (Å²) < 4.78 is 0. The highest BCUT2D eigenvalue weighted by Gasteiger charge is 2.07. The summed E-state index contributed by atoms with van der Waals surface area (Å²) in [5.41, 5.74) is 1.24. The number of carboxylic acids is 1. The summed E-state index contributed by atoms with van der Waals surface area (Å²) in [6.45, 7) is 0.285. The Morgan fingerprint density at radius 1 is 1.20 bits per heavy atom. The average molecular weight is 291 g/mol. The lowest BCUT2D eigenvalue weighted by molar-refractivity contribution is 0.0696. The maximum Gasteiger partial charge on any atom is 0.335 e. The van der Waals surface area contributed by atoms with E-state index in [0.717, 1.165) is 5.56 Å².